The highest BCUT2D eigenvalue weighted by Gasteiger charge is 2.40. The maximum Gasteiger partial charge on any atom is 0.364 e. The Balaban J connectivity index is 1.27. The SMILES string of the molecule is CC1(C(=O)O)OCC(CCCCCOc2ccc(-c3ccn[nH]3)nc2)CO1. The van der Waals surface area contributed by atoms with E-state index in [4.69, 9.17) is 19.3 Å². The zero-order valence-electron chi connectivity index (χ0n) is 15.4. The summed E-state index contributed by atoms with van der Waals surface area (Å²) < 4.78 is 16.4. The second kappa shape index (κ2) is 8.96. The second-order valence-corrected chi connectivity index (χ2v) is 6.79. The number of unbranched alkanes of at least 4 members (excludes halogenated alkanes) is 2. The quantitative estimate of drug-likeness (QED) is 0.649. The van der Waals surface area contributed by atoms with Crippen LogP contribution in [0, 0.1) is 5.92 Å². The highest BCUT2D eigenvalue weighted by molar-refractivity contribution is 5.75. The molecule has 1 saturated heterocycles. The van der Waals surface area contributed by atoms with Crippen molar-refractivity contribution in [1.82, 2.24) is 15.2 Å². The number of carbonyl (C=O) groups is 1. The Bertz CT molecular complexity index is 709. The first kappa shape index (κ1) is 19.3. The normalized spacial score (nSPS) is 22.5. The van der Waals surface area contributed by atoms with Crippen molar-refractivity contribution in [3.8, 4) is 17.1 Å². The number of H-pyrrole nitrogens is 1. The van der Waals surface area contributed by atoms with Crippen LogP contribution in [0.1, 0.15) is 32.6 Å². The molecule has 0 amide bonds. The predicted octanol–water partition coefficient (Wildman–Crippen LogP) is 2.87. The van der Waals surface area contributed by atoms with Crippen LogP contribution in [0.3, 0.4) is 0 Å². The zero-order valence-corrected chi connectivity index (χ0v) is 15.4. The lowest BCUT2D eigenvalue weighted by atomic mass is 10.0. The number of carboxylic acid groups (broad SMARTS) is 1. The number of ether oxygens (including phenoxy) is 3. The maximum atomic E-state index is 11.0. The number of aromatic nitrogens is 3. The molecule has 1 fully saturated rings. The minimum atomic E-state index is -1.49. The summed E-state index contributed by atoms with van der Waals surface area (Å²) in [5.74, 6) is -1.58. The predicted molar refractivity (Wildman–Crippen MR) is 97.2 cm³/mol. The molecule has 8 heteroatoms. The van der Waals surface area contributed by atoms with Crippen LogP contribution in [0.25, 0.3) is 11.4 Å². The van der Waals surface area contributed by atoms with Crippen molar-refractivity contribution in [1.29, 1.82) is 0 Å². The van der Waals surface area contributed by atoms with Gasteiger partial charge in [0.25, 0.3) is 5.79 Å². The second-order valence-electron chi connectivity index (χ2n) is 6.79. The Hall–Kier alpha value is -2.45. The molecule has 0 radical (unpaired) electrons. The molecule has 3 rings (SSSR count). The average molecular weight is 375 g/mol. The zero-order chi connectivity index (χ0) is 19.1. The fourth-order valence-corrected chi connectivity index (χ4v) is 2.86. The van der Waals surface area contributed by atoms with Gasteiger partial charge in [-0.2, -0.15) is 5.10 Å². The van der Waals surface area contributed by atoms with E-state index in [0.29, 0.717) is 19.8 Å². The van der Waals surface area contributed by atoms with E-state index in [1.54, 1.807) is 12.4 Å². The number of carboxylic acids is 1. The number of pyridine rings is 1. The molecular formula is C19H25N3O5. The third-order valence-electron chi connectivity index (χ3n) is 4.62. The number of hydrogen-bond donors (Lipinski definition) is 2. The van der Waals surface area contributed by atoms with Gasteiger partial charge in [0.1, 0.15) is 5.75 Å². The van der Waals surface area contributed by atoms with Crippen molar-refractivity contribution in [3.63, 3.8) is 0 Å². The van der Waals surface area contributed by atoms with E-state index in [-0.39, 0.29) is 5.92 Å². The summed E-state index contributed by atoms with van der Waals surface area (Å²) in [6, 6.07) is 5.67. The molecule has 0 atom stereocenters. The van der Waals surface area contributed by atoms with Crippen molar-refractivity contribution in [2.24, 2.45) is 5.92 Å². The number of hydrogen-bond acceptors (Lipinski definition) is 6. The molecule has 3 heterocycles. The lowest BCUT2D eigenvalue weighted by Gasteiger charge is -2.34. The molecule has 0 unspecified atom stereocenters. The Morgan fingerprint density at radius 1 is 1.30 bits per heavy atom. The van der Waals surface area contributed by atoms with Crippen molar-refractivity contribution in [3.05, 3.63) is 30.6 Å². The summed E-state index contributed by atoms with van der Waals surface area (Å²) in [5, 5.41) is 15.8. The van der Waals surface area contributed by atoms with Crippen molar-refractivity contribution in [2.45, 2.75) is 38.4 Å². The third kappa shape index (κ3) is 5.27. The first-order chi connectivity index (χ1) is 13.1. The van der Waals surface area contributed by atoms with Gasteiger partial charge in [-0.05, 0) is 31.0 Å². The van der Waals surface area contributed by atoms with Gasteiger partial charge in [-0.15, -0.1) is 0 Å². The molecule has 0 bridgehead atoms. The van der Waals surface area contributed by atoms with E-state index in [9.17, 15) is 4.79 Å². The van der Waals surface area contributed by atoms with Crippen molar-refractivity contribution in [2.75, 3.05) is 19.8 Å². The number of rotatable bonds is 9. The number of nitrogens with zero attached hydrogens (tertiary/aromatic N) is 2. The van der Waals surface area contributed by atoms with Crippen molar-refractivity contribution >= 4 is 5.97 Å². The summed E-state index contributed by atoms with van der Waals surface area (Å²) in [7, 11) is 0. The van der Waals surface area contributed by atoms with Gasteiger partial charge < -0.3 is 19.3 Å². The monoisotopic (exact) mass is 375 g/mol. The van der Waals surface area contributed by atoms with Gasteiger partial charge in [0, 0.05) is 19.0 Å². The molecule has 2 aromatic rings. The molecule has 0 saturated carbocycles. The largest absolute Gasteiger partial charge is 0.492 e. The topological polar surface area (TPSA) is 107 Å². The van der Waals surface area contributed by atoms with E-state index in [0.717, 1.165) is 42.8 Å². The summed E-state index contributed by atoms with van der Waals surface area (Å²) in [5.41, 5.74) is 1.71. The Labute approximate surface area is 157 Å². The Morgan fingerprint density at radius 2 is 2.11 bits per heavy atom. The molecule has 146 valence electrons. The van der Waals surface area contributed by atoms with Crippen molar-refractivity contribution < 1.29 is 24.1 Å². The third-order valence-corrected chi connectivity index (χ3v) is 4.62. The average Bonchev–Trinajstić information content (AvgIpc) is 3.21. The molecule has 2 N–H and O–H groups in total. The van der Waals surface area contributed by atoms with E-state index < -0.39 is 11.8 Å². The smallest absolute Gasteiger partial charge is 0.364 e. The lowest BCUT2D eigenvalue weighted by molar-refractivity contribution is -0.271. The van der Waals surface area contributed by atoms with Crippen LogP contribution < -0.4 is 4.74 Å². The standard InChI is InChI=1S/C19H25N3O5/c1-19(18(23)24)26-12-14(13-27-19)5-3-2-4-10-25-15-6-7-16(20-11-15)17-8-9-21-22-17/h6-9,11,14H,2-5,10,12-13H2,1H3,(H,21,22)(H,23,24). The van der Waals surface area contributed by atoms with Gasteiger partial charge >= 0.3 is 5.97 Å². The summed E-state index contributed by atoms with van der Waals surface area (Å²) in [6.45, 7) is 2.93. The summed E-state index contributed by atoms with van der Waals surface area (Å²) in [6.07, 6.45) is 7.37. The van der Waals surface area contributed by atoms with E-state index in [1.165, 1.54) is 6.92 Å². The molecule has 1 aliphatic rings. The highest BCUT2D eigenvalue weighted by Crippen LogP contribution is 2.24. The van der Waals surface area contributed by atoms with Gasteiger partial charge in [0.2, 0.25) is 0 Å². The molecule has 0 spiro atoms. The van der Waals surface area contributed by atoms with E-state index in [2.05, 4.69) is 15.2 Å². The first-order valence-corrected chi connectivity index (χ1v) is 9.17. The Kier molecular flexibility index (Phi) is 6.41. The van der Waals surface area contributed by atoms with Gasteiger partial charge in [-0.1, -0.05) is 12.8 Å². The number of aromatic amines is 1. The Morgan fingerprint density at radius 3 is 2.74 bits per heavy atom. The molecule has 2 aromatic heterocycles. The highest BCUT2D eigenvalue weighted by atomic mass is 16.7. The maximum absolute atomic E-state index is 11.0. The molecule has 0 aromatic carbocycles. The van der Waals surface area contributed by atoms with Crippen LogP contribution in [0.15, 0.2) is 30.6 Å². The summed E-state index contributed by atoms with van der Waals surface area (Å²) >= 11 is 0. The molecule has 8 nitrogen and oxygen atoms in total. The van der Waals surface area contributed by atoms with Gasteiger partial charge in [0.15, 0.2) is 0 Å². The van der Waals surface area contributed by atoms with Crippen LogP contribution in [-0.2, 0) is 14.3 Å². The van der Waals surface area contributed by atoms with Crippen LogP contribution in [0.5, 0.6) is 5.75 Å². The minimum Gasteiger partial charge on any atom is -0.492 e. The molecule has 1 aliphatic heterocycles. The van der Waals surface area contributed by atoms with Gasteiger partial charge in [-0.3, -0.25) is 10.1 Å². The van der Waals surface area contributed by atoms with E-state index in [1.807, 2.05) is 18.2 Å². The van der Waals surface area contributed by atoms with Crippen LogP contribution >= 0.6 is 0 Å². The fourth-order valence-electron chi connectivity index (χ4n) is 2.86. The fraction of sp³-hybridized carbons (Fsp3) is 0.526. The number of aliphatic carboxylic acids is 1. The van der Waals surface area contributed by atoms with Gasteiger partial charge in [-0.25, -0.2) is 4.79 Å². The molecule has 0 aliphatic carbocycles. The van der Waals surface area contributed by atoms with Crippen LogP contribution in [0.4, 0.5) is 0 Å². The summed E-state index contributed by atoms with van der Waals surface area (Å²) in [4.78, 5) is 15.4. The van der Waals surface area contributed by atoms with Crippen LogP contribution in [-0.4, -0.2) is 51.9 Å². The lowest BCUT2D eigenvalue weighted by Crippen LogP contribution is -2.47. The number of nitrogens with one attached hydrogen (secondary N) is 1. The molecular weight excluding hydrogens is 350 g/mol. The minimum absolute atomic E-state index is 0.248. The van der Waals surface area contributed by atoms with Gasteiger partial charge in [0.05, 0.1) is 37.4 Å². The molecule has 27 heavy (non-hydrogen) atoms. The van der Waals surface area contributed by atoms with Crippen LogP contribution in [0.2, 0.25) is 0 Å². The first-order valence-electron chi connectivity index (χ1n) is 9.17. The van der Waals surface area contributed by atoms with E-state index >= 15 is 0 Å².